The number of carbonyl (C=O) groups excluding carboxylic acids is 1. The predicted octanol–water partition coefficient (Wildman–Crippen LogP) is 1.18. The third-order valence-corrected chi connectivity index (χ3v) is 3.37. The summed E-state index contributed by atoms with van der Waals surface area (Å²) in [5.74, 6) is -0.133. The fraction of sp³-hybridized carbons (Fsp3) is 0.500. The molecular weight excluding hydrogens is 230 g/mol. The van der Waals surface area contributed by atoms with Gasteiger partial charge in [-0.15, -0.1) is 0 Å². The van der Waals surface area contributed by atoms with Crippen LogP contribution >= 0.6 is 0 Å². The van der Waals surface area contributed by atoms with E-state index in [2.05, 4.69) is 5.32 Å². The van der Waals surface area contributed by atoms with Gasteiger partial charge < -0.3 is 15.2 Å². The lowest BCUT2D eigenvalue weighted by Gasteiger charge is -2.21. The van der Waals surface area contributed by atoms with Gasteiger partial charge in [0.25, 0.3) is 5.91 Å². The molecule has 1 aliphatic rings. The van der Waals surface area contributed by atoms with E-state index in [1.165, 1.54) is 0 Å². The number of carbonyl (C=O) groups is 1. The van der Waals surface area contributed by atoms with Crippen LogP contribution in [0.1, 0.15) is 27.9 Å². The second-order valence-corrected chi connectivity index (χ2v) is 4.98. The Hall–Kier alpha value is -1.39. The van der Waals surface area contributed by atoms with Crippen molar-refractivity contribution in [1.82, 2.24) is 5.32 Å². The normalized spacial score (nSPS) is 23.1. The second-order valence-electron chi connectivity index (χ2n) is 4.98. The molecule has 1 atom stereocenters. The molecule has 0 spiro atoms. The van der Waals surface area contributed by atoms with Gasteiger partial charge in [-0.1, -0.05) is 18.2 Å². The number of amides is 1. The molecule has 98 valence electrons. The van der Waals surface area contributed by atoms with Gasteiger partial charge in [-0.25, -0.2) is 0 Å². The first-order valence-electron chi connectivity index (χ1n) is 6.16. The SMILES string of the molecule is Cc1cccc(C)c1C(=O)NCC1(O)CCOC1. The topological polar surface area (TPSA) is 58.6 Å². The van der Waals surface area contributed by atoms with Crippen LogP contribution in [0.4, 0.5) is 0 Å². The zero-order chi connectivity index (χ0) is 13.2. The van der Waals surface area contributed by atoms with E-state index in [9.17, 15) is 9.90 Å². The molecule has 4 nitrogen and oxygen atoms in total. The van der Waals surface area contributed by atoms with E-state index in [1.54, 1.807) is 0 Å². The van der Waals surface area contributed by atoms with Gasteiger partial charge in [0.2, 0.25) is 0 Å². The average Bonchev–Trinajstić information content (AvgIpc) is 2.74. The molecule has 1 aromatic carbocycles. The number of ether oxygens (including phenoxy) is 1. The predicted molar refractivity (Wildman–Crippen MR) is 68.6 cm³/mol. The van der Waals surface area contributed by atoms with Gasteiger partial charge in [0.1, 0.15) is 5.60 Å². The lowest BCUT2D eigenvalue weighted by Crippen LogP contribution is -2.43. The highest BCUT2D eigenvalue weighted by Gasteiger charge is 2.32. The van der Waals surface area contributed by atoms with Crippen molar-refractivity contribution < 1.29 is 14.6 Å². The highest BCUT2D eigenvalue weighted by molar-refractivity contribution is 5.97. The van der Waals surface area contributed by atoms with Crippen molar-refractivity contribution in [3.63, 3.8) is 0 Å². The van der Waals surface area contributed by atoms with Gasteiger partial charge in [0, 0.05) is 25.1 Å². The Bertz CT molecular complexity index is 430. The van der Waals surface area contributed by atoms with Crippen molar-refractivity contribution in [1.29, 1.82) is 0 Å². The largest absolute Gasteiger partial charge is 0.386 e. The number of aryl methyl sites for hydroxylation is 2. The van der Waals surface area contributed by atoms with Crippen LogP contribution in [0.2, 0.25) is 0 Å². The van der Waals surface area contributed by atoms with Crippen molar-refractivity contribution >= 4 is 5.91 Å². The maximum Gasteiger partial charge on any atom is 0.251 e. The number of rotatable bonds is 3. The molecule has 1 saturated heterocycles. The molecule has 2 rings (SSSR count). The summed E-state index contributed by atoms with van der Waals surface area (Å²) in [5.41, 5.74) is 1.68. The maximum atomic E-state index is 12.1. The summed E-state index contributed by atoms with van der Waals surface area (Å²) in [6.07, 6.45) is 0.569. The van der Waals surface area contributed by atoms with Gasteiger partial charge in [-0.3, -0.25) is 4.79 Å². The van der Waals surface area contributed by atoms with Crippen LogP contribution in [0.25, 0.3) is 0 Å². The van der Waals surface area contributed by atoms with Crippen LogP contribution in [0.3, 0.4) is 0 Å². The van der Waals surface area contributed by atoms with Gasteiger partial charge in [-0.05, 0) is 25.0 Å². The Labute approximate surface area is 107 Å². The molecule has 1 heterocycles. The number of hydrogen-bond acceptors (Lipinski definition) is 3. The van der Waals surface area contributed by atoms with E-state index in [0.29, 0.717) is 25.2 Å². The number of nitrogens with one attached hydrogen (secondary N) is 1. The van der Waals surface area contributed by atoms with Crippen LogP contribution in [-0.2, 0) is 4.74 Å². The molecule has 2 N–H and O–H groups in total. The van der Waals surface area contributed by atoms with Crippen LogP contribution < -0.4 is 5.32 Å². The molecule has 0 bridgehead atoms. The second kappa shape index (κ2) is 5.08. The Morgan fingerprint density at radius 1 is 1.44 bits per heavy atom. The van der Waals surface area contributed by atoms with Crippen LogP contribution in [0.5, 0.6) is 0 Å². The molecule has 1 unspecified atom stereocenters. The highest BCUT2D eigenvalue weighted by Crippen LogP contribution is 2.18. The molecule has 0 aliphatic carbocycles. The van der Waals surface area contributed by atoms with Crippen LogP contribution in [-0.4, -0.2) is 36.4 Å². The van der Waals surface area contributed by atoms with Gasteiger partial charge in [-0.2, -0.15) is 0 Å². The van der Waals surface area contributed by atoms with E-state index in [-0.39, 0.29) is 12.5 Å². The zero-order valence-electron chi connectivity index (χ0n) is 10.8. The summed E-state index contributed by atoms with van der Waals surface area (Å²) < 4.78 is 5.14. The summed E-state index contributed by atoms with van der Waals surface area (Å²) in [6, 6.07) is 5.75. The Morgan fingerprint density at radius 2 is 2.11 bits per heavy atom. The zero-order valence-corrected chi connectivity index (χ0v) is 10.8. The standard InChI is InChI=1S/C14H19NO3/c1-10-4-3-5-11(2)12(10)13(16)15-8-14(17)6-7-18-9-14/h3-5,17H,6-9H2,1-2H3,(H,15,16). The molecule has 18 heavy (non-hydrogen) atoms. The van der Waals surface area contributed by atoms with E-state index in [4.69, 9.17) is 4.74 Å². The molecule has 1 aromatic rings. The minimum atomic E-state index is -0.910. The monoisotopic (exact) mass is 249 g/mol. The van der Waals surface area contributed by atoms with Gasteiger partial charge in [0.15, 0.2) is 0 Å². The summed E-state index contributed by atoms with van der Waals surface area (Å²) in [5, 5.41) is 12.9. The van der Waals surface area contributed by atoms with Crippen molar-refractivity contribution in [3.05, 3.63) is 34.9 Å². The first-order chi connectivity index (χ1) is 8.52. The first-order valence-corrected chi connectivity index (χ1v) is 6.16. The van der Waals surface area contributed by atoms with E-state index >= 15 is 0 Å². The summed E-state index contributed by atoms with van der Waals surface area (Å²) in [6.45, 7) is 4.90. The maximum absolute atomic E-state index is 12.1. The number of aliphatic hydroxyl groups is 1. The lowest BCUT2D eigenvalue weighted by molar-refractivity contribution is 0.0264. The Balaban J connectivity index is 2.04. The molecule has 0 aromatic heterocycles. The molecular formula is C14H19NO3. The van der Waals surface area contributed by atoms with Crippen molar-refractivity contribution in [3.8, 4) is 0 Å². The number of benzene rings is 1. The molecule has 0 radical (unpaired) electrons. The minimum Gasteiger partial charge on any atom is -0.386 e. The van der Waals surface area contributed by atoms with E-state index in [1.807, 2.05) is 32.0 Å². The molecule has 4 heteroatoms. The van der Waals surface area contributed by atoms with Crippen molar-refractivity contribution in [2.75, 3.05) is 19.8 Å². The smallest absolute Gasteiger partial charge is 0.251 e. The molecule has 1 fully saturated rings. The van der Waals surface area contributed by atoms with Gasteiger partial charge in [0.05, 0.1) is 6.61 Å². The average molecular weight is 249 g/mol. The highest BCUT2D eigenvalue weighted by atomic mass is 16.5. The third-order valence-electron chi connectivity index (χ3n) is 3.37. The summed E-state index contributed by atoms with van der Waals surface area (Å²) in [7, 11) is 0. The molecule has 1 amide bonds. The van der Waals surface area contributed by atoms with Crippen molar-refractivity contribution in [2.24, 2.45) is 0 Å². The van der Waals surface area contributed by atoms with Crippen LogP contribution in [0.15, 0.2) is 18.2 Å². The Morgan fingerprint density at radius 3 is 2.67 bits per heavy atom. The van der Waals surface area contributed by atoms with Crippen molar-refractivity contribution in [2.45, 2.75) is 25.9 Å². The van der Waals surface area contributed by atoms with Crippen LogP contribution in [0, 0.1) is 13.8 Å². The first kappa shape index (κ1) is 13.1. The molecule has 1 aliphatic heterocycles. The summed E-state index contributed by atoms with van der Waals surface area (Å²) in [4.78, 5) is 12.1. The molecule has 0 saturated carbocycles. The fourth-order valence-corrected chi connectivity index (χ4v) is 2.24. The Kier molecular flexibility index (Phi) is 3.68. The lowest BCUT2D eigenvalue weighted by atomic mass is 10.0. The number of hydrogen-bond donors (Lipinski definition) is 2. The fourth-order valence-electron chi connectivity index (χ4n) is 2.24. The third kappa shape index (κ3) is 2.71. The summed E-state index contributed by atoms with van der Waals surface area (Å²) >= 11 is 0. The quantitative estimate of drug-likeness (QED) is 0.846. The van der Waals surface area contributed by atoms with Gasteiger partial charge >= 0.3 is 0 Å². The minimum absolute atomic E-state index is 0.133. The van der Waals surface area contributed by atoms with E-state index < -0.39 is 5.60 Å². The van der Waals surface area contributed by atoms with E-state index in [0.717, 1.165) is 11.1 Å².